The van der Waals surface area contributed by atoms with Gasteiger partial charge in [0, 0.05) is 12.5 Å². The van der Waals surface area contributed by atoms with Crippen molar-refractivity contribution >= 4 is 17.9 Å². The summed E-state index contributed by atoms with van der Waals surface area (Å²) in [5.41, 5.74) is 6.71. The first kappa shape index (κ1) is 32.8. The van der Waals surface area contributed by atoms with Gasteiger partial charge >= 0.3 is 6.09 Å². The number of hydrogen-bond donors (Lipinski definition) is 4. The number of alkyl carbamates (subject to hydrolysis) is 1. The summed E-state index contributed by atoms with van der Waals surface area (Å²) in [5, 5.41) is 24.0. The molecule has 9 nitrogen and oxygen atoms in total. The fourth-order valence-electron chi connectivity index (χ4n) is 4.81. The summed E-state index contributed by atoms with van der Waals surface area (Å²) in [6, 6.07) is 17.1. The minimum absolute atomic E-state index is 0.00741. The monoisotopic (exact) mass is 555 g/mol. The summed E-state index contributed by atoms with van der Waals surface area (Å²) >= 11 is 0. The number of nitrogens with zero attached hydrogens (tertiary/aromatic N) is 1. The Morgan fingerprint density at radius 1 is 0.950 bits per heavy atom. The Morgan fingerprint density at radius 3 is 1.93 bits per heavy atom. The van der Waals surface area contributed by atoms with E-state index in [1.165, 1.54) is 4.90 Å². The maximum atomic E-state index is 14.0. The van der Waals surface area contributed by atoms with Crippen LogP contribution in [0.25, 0.3) is 0 Å². The van der Waals surface area contributed by atoms with Crippen molar-refractivity contribution in [2.24, 2.45) is 17.6 Å². The van der Waals surface area contributed by atoms with Gasteiger partial charge in [-0.1, -0.05) is 74.5 Å². The van der Waals surface area contributed by atoms with E-state index in [0.717, 1.165) is 11.1 Å². The van der Waals surface area contributed by atoms with E-state index in [4.69, 9.17) is 10.5 Å². The van der Waals surface area contributed by atoms with E-state index in [9.17, 15) is 24.6 Å². The Kier molecular flexibility index (Phi) is 12.6. The van der Waals surface area contributed by atoms with Gasteiger partial charge in [-0.05, 0) is 57.1 Å². The number of hydrogen-bond acceptors (Lipinski definition) is 6. The van der Waals surface area contributed by atoms with Crippen molar-refractivity contribution in [1.82, 2.24) is 10.2 Å². The highest BCUT2D eigenvalue weighted by atomic mass is 16.6. The Balaban J connectivity index is 2.41. The van der Waals surface area contributed by atoms with Gasteiger partial charge < -0.3 is 30.9 Å². The number of benzene rings is 2. The van der Waals surface area contributed by atoms with E-state index in [-0.39, 0.29) is 31.9 Å². The molecule has 2 aromatic rings. The quantitative estimate of drug-likeness (QED) is 0.282. The highest BCUT2D eigenvalue weighted by Crippen LogP contribution is 2.23. The SMILES string of the molecule is CC(C)C(C(N)=O)N(CCO)C(=O)C(Cc1ccccc1)CC(O)C(Cc1ccccc1)NC(=O)OC(C)(C)C. The Labute approximate surface area is 237 Å². The lowest BCUT2D eigenvalue weighted by Gasteiger charge is -2.36. The normalized spacial score (nSPS) is 14.6. The first-order chi connectivity index (χ1) is 18.8. The molecule has 0 spiro atoms. The lowest BCUT2D eigenvalue weighted by atomic mass is 9.87. The van der Waals surface area contributed by atoms with Gasteiger partial charge in [0.25, 0.3) is 0 Å². The zero-order valence-corrected chi connectivity index (χ0v) is 24.2. The number of primary amides is 1. The van der Waals surface area contributed by atoms with Crippen molar-refractivity contribution in [3.05, 3.63) is 71.8 Å². The van der Waals surface area contributed by atoms with E-state index in [2.05, 4.69) is 5.32 Å². The lowest BCUT2D eigenvalue weighted by molar-refractivity contribution is -0.145. The number of nitrogens with two attached hydrogens (primary N) is 1. The minimum Gasteiger partial charge on any atom is -0.444 e. The summed E-state index contributed by atoms with van der Waals surface area (Å²) in [5.74, 6) is -2.10. The molecule has 40 heavy (non-hydrogen) atoms. The molecule has 0 aliphatic carbocycles. The van der Waals surface area contributed by atoms with Crippen LogP contribution < -0.4 is 11.1 Å². The van der Waals surface area contributed by atoms with Crippen molar-refractivity contribution in [2.45, 2.75) is 77.7 Å². The molecule has 2 aromatic carbocycles. The van der Waals surface area contributed by atoms with E-state index in [0.29, 0.717) is 6.42 Å². The zero-order valence-electron chi connectivity index (χ0n) is 24.2. The second-order valence-electron chi connectivity index (χ2n) is 11.5. The molecule has 5 N–H and O–H groups in total. The van der Waals surface area contributed by atoms with Crippen LogP contribution in [-0.4, -0.2) is 70.0 Å². The van der Waals surface area contributed by atoms with Crippen molar-refractivity contribution < 1.29 is 29.3 Å². The second-order valence-corrected chi connectivity index (χ2v) is 11.5. The fourth-order valence-corrected chi connectivity index (χ4v) is 4.81. The van der Waals surface area contributed by atoms with Crippen LogP contribution >= 0.6 is 0 Å². The van der Waals surface area contributed by atoms with E-state index < -0.39 is 47.6 Å². The third-order valence-electron chi connectivity index (χ3n) is 6.55. The first-order valence-electron chi connectivity index (χ1n) is 13.8. The van der Waals surface area contributed by atoms with Crippen LogP contribution in [0.5, 0.6) is 0 Å². The van der Waals surface area contributed by atoms with Crippen LogP contribution in [0.4, 0.5) is 4.79 Å². The van der Waals surface area contributed by atoms with Gasteiger partial charge in [0.05, 0.1) is 18.8 Å². The summed E-state index contributed by atoms with van der Waals surface area (Å²) in [4.78, 5) is 40.4. The molecule has 0 heterocycles. The smallest absolute Gasteiger partial charge is 0.407 e. The number of aliphatic hydroxyl groups is 2. The number of rotatable bonds is 14. The Morgan fingerprint density at radius 2 is 1.48 bits per heavy atom. The number of nitrogens with one attached hydrogen (secondary N) is 1. The van der Waals surface area contributed by atoms with Crippen LogP contribution in [0.1, 0.15) is 52.2 Å². The van der Waals surface area contributed by atoms with Crippen LogP contribution in [0.2, 0.25) is 0 Å². The standard InChI is InChI=1S/C31H45N3O6/c1-21(2)27(28(32)37)34(16-17-35)29(38)24(18-22-12-8-6-9-13-22)20-26(36)25(19-23-14-10-7-11-15-23)33-30(39)40-31(3,4)5/h6-15,21,24-27,35-36H,16-20H2,1-5H3,(H2,32,37)(H,33,39). The number of carbonyl (C=O) groups excluding carboxylic acids is 3. The molecule has 0 saturated heterocycles. The maximum absolute atomic E-state index is 14.0. The third-order valence-corrected chi connectivity index (χ3v) is 6.55. The molecule has 0 saturated carbocycles. The van der Waals surface area contributed by atoms with E-state index in [1.54, 1.807) is 34.6 Å². The molecular formula is C31H45N3O6. The maximum Gasteiger partial charge on any atom is 0.407 e. The summed E-state index contributed by atoms with van der Waals surface area (Å²) in [6.07, 6.45) is -1.22. The molecule has 0 aliphatic rings. The van der Waals surface area contributed by atoms with Gasteiger partial charge in [-0.3, -0.25) is 9.59 Å². The number of amides is 3. The van der Waals surface area contributed by atoms with Gasteiger partial charge in [-0.15, -0.1) is 0 Å². The number of ether oxygens (including phenoxy) is 1. The average molecular weight is 556 g/mol. The molecule has 0 radical (unpaired) electrons. The predicted molar refractivity (Wildman–Crippen MR) is 154 cm³/mol. The van der Waals surface area contributed by atoms with Crippen LogP contribution in [0.3, 0.4) is 0 Å². The van der Waals surface area contributed by atoms with E-state index in [1.807, 2.05) is 60.7 Å². The van der Waals surface area contributed by atoms with Crippen molar-refractivity contribution in [1.29, 1.82) is 0 Å². The third kappa shape index (κ3) is 10.6. The summed E-state index contributed by atoms with van der Waals surface area (Å²) in [6.45, 7) is 8.41. The molecule has 4 unspecified atom stereocenters. The number of aliphatic hydroxyl groups excluding tert-OH is 2. The van der Waals surface area contributed by atoms with E-state index >= 15 is 0 Å². The summed E-state index contributed by atoms with van der Waals surface area (Å²) in [7, 11) is 0. The highest BCUT2D eigenvalue weighted by molar-refractivity contribution is 5.88. The van der Waals surface area contributed by atoms with Gasteiger partial charge in [0.1, 0.15) is 11.6 Å². The summed E-state index contributed by atoms with van der Waals surface area (Å²) < 4.78 is 5.44. The highest BCUT2D eigenvalue weighted by Gasteiger charge is 2.37. The minimum atomic E-state index is -1.13. The fraction of sp³-hybridized carbons (Fsp3) is 0.516. The van der Waals surface area contributed by atoms with Crippen molar-refractivity contribution in [3.8, 4) is 0 Å². The molecule has 0 fully saturated rings. The molecule has 3 amide bonds. The topological polar surface area (TPSA) is 142 Å². The molecule has 0 bridgehead atoms. The van der Waals surface area contributed by atoms with Crippen LogP contribution in [-0.2, 0) is 27.2 Å². The molecule has 220 valence electrons. The van der Waals surface area contributed by atoms with Gasteiger partial charge in [-0.2, -0.15) is 0 Å². The van der Waals surface area contributed by atoms with Gasteiger partial charge in [0.15, 0.2) is 0 Å². The lowest BCUT2D eigenvalue weighted by Crippen LogP contribution is -2.54. The van der Waals surface area contributed by atoms with Crippen LogP contribution in [0.15, 0.2) is 60.7 Å². The van der Waals surface area contributed by atoms with Crippen molar-refractivity contribution in [3.63, 3.8) is 0 Å². The molecule has 9 heteroatoms. The average Bonchev–Trinajstić information content (AvgIpc) is 2.87. The first-order valence-corrected chi connectivity index (χ1v) is 13.8. The van der Waals surface area contributed by atoms with Crippen molar-refractivity contribution in [2.75, 3.05) is 13.2 Å². The predicted octanol–water partition coefficient (Wildman–Crippen LogP) is 3.06. The zero-order chi connectivity index (χ0) is 29.9. The number of carbonyl (C=O) groups is 3. The Bertz CT molecular complexity index is 1070. The second kappa shape index (κ2) is 15.4. The molecule has 4 atom stereocenters. The Hall–Kier alpha value is -3.43. The van der Waals surface area contributed by atoms with Gasteiger partial charge in [0.2, 0.25) is 11.8 Å². The molecular weight excluding hydrogens is 510 g/mol. The molecule has 2 rings (SSSR count). The molecule has 0 aliphatic heterocycles. The van der Waals surface area contributed by atoms with Gasteiger partial charge in [-0.25, -0.2) is 4.79 Å². The largest absolute Gasteiger partial charge is 0.444 e. The molecule has 0 aromatic heterocycles. The van der Waals surface area contributed by atoms with Crippen LogP contribution in [0, 0.1) is 11.8 Å².